The van der Waals surface area contributed by atoms with E-state index in [1.54, 1.807) is 18.2 Å². The van der Waals surface area contributed by atoms with Crippen molar-refractivity contribution >= 4 is 38.7 Å². The summed E-state index contributed by atoms with van der Waals surface area (Å²) < 4.78 is 25.7. The minimum absolute atomic E-state index is 0.174. The summed E-state index contributed by atoms with van der Waals surface area (Å²) in [5.74, 6) is 0.491. The molecule has 0 aliphatic carbocycles. The van der Waals surface area contributed by atoms with Gasteiger partial charge in [-0.15, -0.1) is 0 Å². The Labute approximate surface area is 163 Å². The molecular formula is C19H18Cl2N2O2S. The molecule has 2 aromatic rings. The lowest BCUT2D eigenvalue weighted by Crippen LogP contribution is -2.46. The number of anilines is 1. The number of benzene rings is 2. The molecule has 7 heteroatoms. The second kappa shape index (κ2) is 5.86. The lowest BCUT2D eigenvalue weighted by atomic mass is 9.89. The maximum atomic E-state index is 12.8. The molecule has 0 amide bonds. The number of halogens is 2. The minimum atomic E-state index is -3.28. The number of hydrogen-bond acceptors (Lipinski definition) is 4. The number of nitrogens with one attached hydrogen (secondary N) is 1. The molecule has 5 rings (SSSR count). The molecule has 2 aromatic carbocycles. The van der Waals surface area contributed by atoms with Gasteiger partial charge in [-0.25, -0.2) is 8.42 Å². The quantitative estimate of drug-likeness (QED) is 0.780. The second-order valence-electron chi connectivity index (χ2n) is 7.22. The Bertz CT molecular complexity index is 1020. The molecule has 0 bridgehead atoms. The smallest absolute Gasteiger partial charge is 0.182 e. The molecule has 136 valence electrons. The van der Waals surface area contributed by atoms with Gasteiger partial charge in [-0.1, -0.05) is 29.3 Å². The van der Waals surface area contributed by atoms with E-state index >= 15 is 0 Å². The monoisotopic (exact) mass is 408 g/mol. The highest BCUT2D eigenvalue weighted by Gasteiger charge is 2.45. The largest absolute Gasteiger partial charge is 0.366 e. The van der Waals surface area contributed by atoms with E-state index in [-0.39, 0.29) is 5.75 Å². The van der Waals surface area contributed by atoms with E-state index in [4.69, 9.17) is 23.2 Å². The van der Waals surface area contributed by atoms with E-state index in [0.29, 0.717) is 33.4 Å². The van der Waals surface area contributed by atoms with Gasteiger partial charge in [0.2, 0.25) is 0 Å². The maximum absolute atomic E-state index is 12.8. The van der Waals surface area contributed by atoms with Crippen molar-refractivity contribution in [2.24, 2.45) is 0 Å². The van der Waals surface area contributed by atoms with Crippen LogP contribution in [0, 0.1) is 0 Å². The zero-order chi connectivity index (χ0) is 18.1. The molecule has 1 N–H and O–H groups in total. The molecule has 26 heavy (non-hydrogen) atoms. The van der Waals surface area contributed by atoms with E-state index < -0.39 is 9.84 Å². The molecular weight excluding hydrogens is 391 g/mol. The summed E-state index contributed by atoms with van der Waals surface area (Å²) in [6.07, 6.45) is 1.04. The standard InChI is InChI=1S/C19H18Cl2N2O2S/c20-12-1-2-13(16(21)9-12)11-7-14-15-10-22-4-3-17(15)23-5-6-26(24,25)18(8-11)19(14)23/h1-2,7-9,15,17,22H,3-6,10H2/t15-,17-/m0/s1. The average molecular weight is 409 g/mol. The van der Waals surface area contributed by atoms with Crippen LogP contribution in [0.5, 0.6) is 0 Å². The van der Waals surface area contributed by atoms with Crippen molar-refractivity contribution in [3.8, 4) is 11.1 Å². The van der Waals surface area contributed by atoms with Gasteiger partial charge in [-0.3, -0.25) is 0 Å². The van der Waals surface area contributed by atoms with Gasteiger partial charge in [-0.05, 0) is 48.4 Å². The molecule has 2 atom stereocenters. The molecule has 0 spiro atoms. The van der Waals surface area contributed by atoms with Crippen molar-refractivity contribution in [3.05, 3.63) is 45.9 Å². The number of piperidine rings is 1. The van der Waals surface area contributed by atoms with Crippen molar-refractivity contribution in [2.75, 3.05) is 30.3 Å². The maximum Gasteiger partial charge on any atom is 0.182 e. The van der Waals surface area contributed by atoms with Gasteiger partial charge in [0.05, 0.1) is 16.3 Å². The Morgan fingerprint density at radius 3 is 2.81 bits per heavy atom. The van der Waals surface area contributed by atoms with E-state index in [9.17, 15) is 8.42 Å². The van der Waals surface area contributed by atoms with Gasteiger partial charge in [0.25, 0.3) is 0 Å². The van der Waals surface area contributed by atoms with Gasteiger partial charge in [0, 0.05) is 40.7 Å². The third kappa shape index (κ3) is 2.41. The summed E-state index contributed by atoms with van der Waals surface area (Å²) in [5.41, 5.74) is 3.71. The van der Waals surface area contributed by atoms with E-state index in [2.05, 4.69) is 16.3 Å². The first-order valence-corrected chi connectivity index (χ1v) is 11.2. The highest BCUT2D eigenvalue weighted by molar-refractivity contribution is 7.91. The van der Waals surface area contributed by atoms with Crippen LogP contribution >= 0.6 is 23.2 Å². The first-order valence-electron chi connectivity index (χ1n) is 8.79. The molecule has 0 radical (unpaired) electrons. The Morgan fingerprint density at radius 1 is 1.15 bits per heavy atom. The highest BCUT2D eigenvalue weighted by atomic mass is 35.5. The van der Waals surface area contributed by atoms with Crippen LogP contribution in [0.2, 0.25) is 10.0 Å². The first-order chi connectivity index (χ1) is 12.5. The third-order valence-corrected chi connectivity index (χ3v) is 8.06. The first kappa shape index (κ1) is 16.9. The number of hydrogen-bond donors (Lipinski definition) is 1. The van der Waals surface area contributed by atoms with Crippen molar-refractivity contribution in [1.29, 1.82) is 0 Å². The van der Waals surface area contributed by atoms with Crippen molar-refractivity contribution in [1.82, 2.24) is 5.32 Å². The van der Waals surface area contributed by atoms with Gasteiger partial charge in [-0.2, -0.15) is 0 Å². The van der Waals surface area contributed by atoms with Gasteiger partial charge in [0.15, 0.2) is 9.84 Å². The lowest BCUT2D eigenvalue weighted by molar-refractivity contribution is 0.405. The molecule has 1 saturated heterocycles. The molecule has 0 saturated carbocycles. The number of nitrogens with zero attached hydrogens (tertiary/aromatic N) is 1. The Kier molecular flexibility index (Phi) is 3.80. The Balaban J connectivity index is 1.77. The summed E-state index contributed by atoms with van der Waals surface area (Å²) >= 11 is 12.4. The van der Waals surface area contributed by atoms with Crippen LogP contribution in [0.3, 0.4) is 0 Å². The van der Waals surface area contributed by atoms with Crippen LogP contribution in [0.4, 0.5) is 5.69 Å². The van der Waals surface area contributed by atoms with Crippen LogP contribution in [0.1, 0.15) is 17.9 Å². The molecule has 3 aliphatic heterocycles. The van der Waals surface area contributed by atoms with Gasteiger partial charge < -0.3 is 10.2 Å². The van der Waals surface area contributed by atoms with Gasteiger partial charge in [0.1, 0.15) is 0 Å². The van der Waals surface area contributed by atoms with Crippen molar-refractivity contribution in [2.45, 2.75) is 23.3 Å². The molecule has 0 aromatic heterocycles. The van der Waals surface area contributed by atoms with Crippen LogP contribution in [-0.2, 0) is 9.84 Å². The fraction of sp³-hybridized carbons (Fsp3) is 0.368. The fourth-order valence-corrected chi connectivity index (χ4v) is 6.65. The van der Waals surface area contributed by atoms with Gasteiger partial charge >= 0.3 is 0 Å². The Hall–Kier alpha value is -1.27. The number of rotatable bonds is 1. The summed E-state index contributed by atoms with van der Waals surface area (Å²) in [6.45, 7) is 2.44. The zero-order valence-electron chi connectivity index (χ0n) is 14.0. The molecule has 1 fully saturated rings. The average Bonchev–Trinajstić information content (AvgIpc) is 2.93. The lowest BCUT2D eigenvalue weighted by Gasteiger charge is -2.36. The van der Waals surface area contributed by atoms with E-state index in [0.717, 1.165) is 41.9 Å². The molecule has 3 aliphatic rings. The third-order valence-electron chi connectivity index (χ3n) is 5.82. The number of sulfone groups is 1. The highest BCUT2D eigenvalue weighted by Crippen LogP contribution is 2.50. The predicted molar refractivity (Wildman–Crippen MR) is 105 cm³/mol. The minimum Gasteiger partial charge on any atom is -0.366 e. The summed E-state index contributed by atoms with van der Waals surface area (Å²) in [6, 6.07) is 9.64. The normalized spacial score (nSPS) is 25.7. The summed E-state index contributed by atoms with van der Waals surface area (Å²) in [7, 11) is -3.28. The molecule has 4 nitrogen and oxygen atoms in total. The molecule has 3 heterocycles. The van der Waals surface area contributed by atoms with Crippen LogP contribution in [0.25, 0.3) is 11.1 Å². The van der Waals surface area contributed by atoms with Crippen LogP contribution in [-0.4, -0.2) is 39.8 Å². The fourth-order valence-electron chi connectivity index (χ4n) is 4.64. The van der Waals surface area contributed by atoms with E-state index in [1.165, 1.54) is 0 Å². The SMILES string of the molecule is O=S1(=O)CCN2c3c(cc(-c4ccc(Cl)cc4Cl)cc31)[C@@H]1CNCC[C@@H]12. The van der Waals surface area contributed by atoms with Crippen LogP contribution in [0.15, 0.2) is 35.2 Å². The predicted octanol–water partition coefficient (Wildman–Crippen LogP) is 3.71. The topological polar surface area (TPSA) is 49.4 Å². The van der Waals surface area contributed by atoms with Crippen molar-refractivity contribution < 1.29 is 8.42 Å². The number of fused-ring (bicyclic) bond motifs is 3. The summed E-state index contributed by atoms with van der Waals surface area (Å²) in [5, 5.41) is 4.56. The molecule has 0 unspecified atom stereocenters. The van der Waals surface area contributed by atoms with E-state index in [1.807, 2.05) is 6.07 Å². The van der Waals surface area contributed by atoms with Crippen molar-refractivity contribution in [3.63, 3.8) is 0 Å². The summed E-state index contributed by atoms with van der Waals surface area (Å²) in [4.78, 5) is 2.78. The zero-order valence-corrected chi connectivity index (χ0v) is 16.3. The Morgan fingerprint density at radius 2 is 2.00 bits per heavy atom. The van der Waals surface area contributed by atoms with Crippen LogP contribution < -0.4 is 10.2 Å². The second-order valence-corrected chi connectivity index (χ2v) is 10.1.